The van der Waals surface area contributed by atoms with Crippen LogP contribution in [-0.2, 0) is 0 Å². The summed E-state index contributed by atoms with van der Waals surface area (Å²) in [7, 11) is 0. The summed E-state index contributed by atoms with van der Waals surface area (Å²) in [6.07, 6.45) is 4.63. The van der Waals surface area contributed by atoms with Crippen LogP contribution in [0.4, 0.5) is 0 Å². The summed E-state index contributed by atoms with van der Waals surface area (Å²) in [5.41, 5.74) is 0.621. The number of para-hydroxylation sites is 2. The molecule has 0 spiro atoms. The SMILES string of the molecule is CCCCCOc1ccc(/C=c2\sc3nc([C@H]4COc5ccccc5O4)nn3c2=O)cc1OCC. The second-order valence-electron chi connectivity index (χ2n) is 8.14. The second kappa shape index (κ2) is 10.4. The van der Waals surface area contributed by atoms with Gasteiger partial charge in [-0.2, -0.15) is 9.50 Å². The lowest BCUT2D eigenvalue weighted by Gasteiger charge is -2.24. The zero-order valence-corrected chi connectivity index (χ0v) is 20.5. The molecule has 1 aliphatic rings. The lowest BCUT2D eigenvalue weighted by Crippen LogP contribution is -2.26. The summed E-state index contributed by atoms with van der Waals surface area (Å²) >= 11 is 1.28. The minimum Gasteiger partial charge on any atom is -0.490 e. The van der Waals surface area contributed by atoms with E-state index < -0.39 is 6.10 Å². The maximum Gasteiger partial charge on any atom is 0.291 e. The van der Waals surface area contributed by atoms with Crippen LogP contribution in [0.15, 0.2) is 47.3 Å². The molecule has 0 saturated heterocycles. The topological polar surface area (TPSA) is 84.2 Å². The van der Waals surface area contributed by atoms with E-state index >= 15 is 0 Å². The van der Waals surface area contributed by atoms with Gasteiger partial charge < -0.3 is 18.9 Å². The van der Waals surface area contributed by atoms with Gasteiger partial charge in [-0.15, -0.1) is 5.10 Å². The fourth-order valence-corrected chi connectivity index (χ4v) is 4.73. The zero-order valence-electron chi connectivity index (χ0n) is 19.7. The maximum atomic E-state index is 13.0. The van der Waals surface area contributed by atoms with E-state index in [1.807, 2.05) is 55.5 Å². The Morgan fingerprint density at radius 2 is 1.97 bits per heavy atom. The van der Waals surface area contributed by atoms with E-state index in [1.54, 1.807) is 0 Å². The van der Waals surface area contributed by atoms with E-state index in [-0.39, 0.29) is 12.2 Å². The van der Waals surface area contributed by atoms with E-state index in [1.165, 1.54) is 15.9 Å². The fourth-order valence-electron chi connectivity index (χ4n) is 3.82. The molecular formula is C26H27N3O5S. The molecule has 2 aromatic heterocycles. The molecule has 1 aliphatic heterocycles. The van der Waals surface area contributed by atoms with Crippen molar-refractivity contribution < 1.29 is 18.9 Å². The highest BCUT2D eigenvalue weighted by Crippen LogP contribution is 2.35. The molecular weight excluding hydrogens is 466 g/mol. The van der Waals surface area contributed by atoms with Crippen LogP contribution in [0.3, 0.4) is 0 Å². The van der Waals surface area contributed by atoms with Crippen LogP contribution in [0.25, 0.3) is 11.0 Å². The predicted molar refractivity (Wildman–Crippen MR) is 134 cm³/mol. The van der Waals surface area contributed by atoms with Crippen LogP contribution in [0, 0.1) is 0 Å². The molecule has 1 atom stereocenters. The van der Waals surface area contributed by atoms with Crippen LogP contribution < -0.4 is 29.0 Å². The molecule has 2 aromatic carbocycles. The summed E-state index contributed by atoms with van der Waals surface area (Å²) in [6, 6.07) is 13.2. The van der Waals surface area contributed by atoms with Gasteiger partial charge in [-0.25, -0.2) is 0 Å². The zero-order chi connectivity index (χ0) is 24.2. The quantitative estimate of drug-likeness (QED) is 0.324. The first kappa shape index (κ1) is 23.2. The van der Waals surface area contributed by atoms with Gasteiger partial charge in [0.15, 0.2) is 34.9 Å². The van der Waals surface area contributed by atoms with Crippen LogP contribution in [0.5, 0.6) is 23.0 Å². The van der Waals surface area contributed by atoms with Crippen LogP contribution >= 0.6 is 11.3 Å². The lowest BCUT2D eigenvalue weighted by atomic mass is 10.2. The van der Waals surface area contributed by atoms with Gasteiger partial charge in [0.2, 0.25) is 4.96 Å². The van der Waals surface area contributed by atoms with E-state index in [4.69, 9.17) is 18.9 Å². The van der Waals surface area contributed by atoms with Crippen LogP contribution in [0.1, 0.15) is 50.6 Å². The highest BCUT2D eigenvalue weighted by atomic mass is 32.1. The second-order valence-corrected chi connectivity index (χ2v) is 9.15. The first-order valence-electron chi connectivity index (χ1n) is 11.9. The third-order valence-corrected chi connectivity index (χ3v) is 6.52. The Morgan fingerprint density at radius 1 is 1.11 bits per heavy atom. The van der Waals surface area contributed by atoms with Crippen LogP contribution in [0.2, 0.25) is 0 Å². The van der Waals surface area contributed by atoms with Gasteiger partial charge in [-0.3, -0.25) is 4.79 Å². The van der Waals surface area contributed by atoms with Crippen molar-refractivity contribution in [1.82, 2.24) is 14.6 Å². The molecule has 0 unspecified atom stereocenters. The number of ether oxygens (including phenoxy) is 4. The molecule has 5 rings (SSSR count). The van der Waals surface area contributed by atoms with Gasteiger partial charge in [0.25, 0.3) is 5.56 Å². The summed E-state index contributed by atoms with van der Waals surface area (Å²) < 4.78 is 25.3. The number of nitrogens with zero attached hydrogens (tertiary/aromatic N) is 3. The van der Waals surface area contributed by atoms with Crippen molar-refractivity contribution >= 4 is 22.4 Å². The molecule has 9 heteroatoms. The molecule has 182 valence electrons. The summed E-state index contributed by atoms with van der Waals surface area (Å²) in [6.45, 7) is 5.56. The highest BCUT2D eigenvalue weighted by molar-refractivity contribution is 7.15. The molecule has 0 fully saturated rings. The third kappa shape index (κ3) is 4.95. The lowest BCUT2D eigenvalue weighted by molar-refractivity contribution is 0.0852. The molecule has 0 aliphatic carbocycles. The van der Waals surface area contributed by atoms with E-state index in [2.05, 4.69) is 17.0 Å². The van der Waals surface area contributed by atoms with Crippen molar-refractivity contribution in [3.8, 4) is 23.0 Å². The summed E-state index contributed by atoms with van der Waals surface area (Å²) in [5, 5.41) is 4.41. The number of aromatic nitrogens is 3. The predicted octanol–water partition coefficient (Wildman–Crippen LogP) is 4.18. The first-order chi connectivity index (χ1) is 17.2. The van der Waals surface area contributed by atoms with Crippen molar-refractivity contribution in [2.75, 3.05) is 19.8 Å². The number of unbranched alkanes of at least 4 members (excludes halogenated alkanes) is 2. The van der Waals surface area contributed by atoms with Gasteiger partial charge in [-0.1, -0.05) is 49.3 Å². The van der Waals surface area contributed by atoms with Gasteiger partial charge in [0.1, 0.15) is 6.61 Å². The molecule has 0 radical (unpaired) electrons. The average Bonchev–Trinajstić information content (AvgIpc) is 3.42. The molecule has 8 nitrogen and oxygen atoms in total. The Hall–Kier alpha value is -3.59. The first-order valence-corrected chi connectivity index (χ1v) is 12.7. The Bertz CT molecular complexity index is 1430. The molecule has 0 saturated carbocycles. The Labute approximate surface area is 206 Å². The fraction of sp³-hybridized carbons (Fsp3) is 0.346. The summed E-state index contributed by atoms with van der Waals surface area (Å²) in [5.74, 6) is 3.14. The standard InChI is InChI=1S/C26H27N3O5S/c1-3-5-8-13-32-19-12-11-17(14-21(19)31-4-2)15-23-25(30)29-26(35-23)27-24(28-29)22-16-33-18-9-6-7-10-20(18)34-22/h6-7,9-12,14-15,22H,3-5,8,13,16H2,1-2H3/b23-15-/t22-/m1/s1. The van der Waals surface area contributed by atoms with Gasteiger partial charge in [0.05, 0.1) is 17.7 Å². The van der Waals surface area contributed by atoms with E-state index in [9.17, 15) is 4.79 Å². The normalized spacial score (nSPS) is 15.5. The minimum absolute atomic E-state index is 0.223. The van der Waals surface area contributed by atoms with E-state index in [0.717, 1.165) is 24.8 Å². The molecule has 4 aromatic rings. The van der Waals surface area contributed by atoms with Crippen molar-refractivity contribution in [2.45, 2.75) is 39.2 Å². The van der Waals surface area contributed by atoms with Crippen molar-refractivity contribution in [3.05, 3.63) is 68.7 Å². The Balaban J connectivity index is 1.38. The van der Waals surface area contributed by atoms with Crippen LogP contribution in [-0.4, -0.2) is 34.4 Å². The summed E-state index contributed by atoms with van der Waals surface area (Å²) in [4.78, 5) is 18.1. The largest absolute Gasteiger partial charge is 0.490 e. The maximum absolute atomic E-state index is 13.0. The third-order valence-electron chi connectivity index (χ3n) is 5.57. The number of hydrogen-bond acceptors (Lipinski definition) is 8. The Morgan fingerprint density at radius 3 is 2.77 bits per heavy atom. The number of benzene rings is 2. The number of fused-ring (bicyclic) bond motifs is 2. The van der Waals surface area contributed by atoms with Crippen molar-refractivity contribution in [2.24, 2.45) is 0 Å². The smallest absolute Gasteiger partial charge is 0.291 e. The number of hydrogen-bond donors (Lipinski definition) is 0. The molecule has 35 heavy (non-hydrogen) atoms. The minimum atomic E-state index is -0.470. The van der Waals surface area contributed by atoms with Gasteiger partial charge in [-0.05, 0) is 49.2 Å². The van der Waals surface area contributed by atoms with Crippen molar-refractivity contribution in [1.29, 1.82) is 0 Å². The average molecular weight is 494 g/mol. The van der Waals surface area contributed by atoms with Gasteiger partial charge in [0, 0.05) is 0 Å². The van der Waals surface area contributed by atoms with E-state index in [0.29, 0.717) is 51.5 Å². The highest BCUT2D eigenvalue weighted by Gasteiger charge is 2.27. The molecule has 0 N–H and O–H groups in total. The van der Waals surface area contributed by atoms with Crippen molar-refractivity contribution in [3.63, 3.8) is 0 Å². The Kier molecular flexibility index (Phi) is 6.85. The molecule has 3 heterocycles. The molecule has 0 amide bonds. The van der Waals surface area contributed by atoms with Gasteiger partial charge >= 0.3 is 0 Å². The molecule has 0 bridgehead atoms. The number of rotatable bonds is 9. The monoisotopic (exact) mass is 493 g/mol. The number of thiazole rings is 1.